The van der Waals surface area contributed by atoms with E-state index in [2.05, 4.69) is 23.3 Å². The molecule has 0 fully saturated rings. The highest BCUT2D eigenvalue weighted by atomic mass is 32.2. The molecule has 27 heavy (non-hydrogen) atoms. The number of phenolic OH excluding ortho intramolecular Hbond substituents is 1. The topological polar surface area (TPSA) is 142 Å². The van der Waals surface area contributed by atoms with Crippen molar-refractivity contribution in [3.05, 3.63) is 29.8 Å². The minimum atomic E-state index is -1.22. The van der Waals surface area contributed by atoms with E-state index in [1.165, 1.54) is 12.1 Å². The van der Waals surface area contributed by atoms with Gasteiger partial charge in [0.2, 0.25) is 11.8 Å². The summed E-state index contributed by atoms with van der Waals surface area (Å²) < 4.78 is 0. The average molecular weight is 416 g/mol. The number of carboxylic acid groups (broad SMARTS) is 1. The number of thioether (sulfide) groups is 1. The van der Waals surface area contributed by atoms with Crippen molar-refractivity contribution in [3.63, 3.8) is 0 Å². The monoisotopic (exact) mass is 415 g/mol. The van der Waals surface area contributed by atoms with Crippen LogP contribution in [-0.2, 0) is 20.8 Å². The molecule has 0 saturated carbocycles. The number of hydrogen-bond acceptors (Lipinski definition) is 7. The number of aromatic hydroxyl groups is 1. The first-order valence-electron chi connectivity index (χ1n) is 8.25. The van der Waals surface area contributed by atoms with Crippen molar-refractivity contribution in [2.24, 2.45) is 5.73 Å². The van der Waals surface area contributed by atoms with Gasteiger partial charge < -0.3 is 26.6 Å². The normalized spacial score (nSPS) is 14.0. The highest BCUT2D eigenvalue weighted by molar-refractivity contribution is 7.98. The average Bonchev–Trinajstić information content (AvgIpc) is 2.64. The van der Waals surface area contributed by atoms with Gasteiger partial charge in [0.25, 0.3) is 0 Å². The van der Waals surface area contributed by atoms with Crippen LogP contribution in [0.25, 0.3) is 0 Å². The fraction of sp³-hybridized carbons (Fsp3) is 0.471. The number of carbonyl (C=O) groups is 3. The fourth-order valence-electron chi connectivity index (χ4n) is 2.19. The van der Waals surface area contributed by atoms with Gasteiger partial charge >= 0.3 is 5.97 Å². The number of carbonyl (C=O) groups excluding carboxylic acids is 2. The zero-order valence-electron chi connectivity index (χ0n) is 14.9. The first kappa shape index (κ1) is 23.1. The highest BCUT2D eigenvalue weighted by Gasteiger charge is 2.27. The SMILES string of the molecule is CSCC[C@H](N)C(=O)N[C@@H](Cc1ccc(O)cc1)C(=O)N[C@@H](CS)C(=O)O. The number of phenols is 1. The Morgan fingerprint density at radius 1 is 1.15 bits per heavy atom. The molecule has 0 bridgehead atoms. The number of nitrogens with two attached hydrogens (primary N) is 1. The summed E-state index contributed by atoms with van der Waals surface area (Å²) in [7, 11) is 0. The third-order valence-corrected chi connectivity index (χ3v) is 4.79. The maximum absolute atomic E-state index is 12.5. The molecule has 2 amide bonds. The molecule has 150 valence electrons. The van der Waals surface area contributed by atoms with Crippen LogP contribution in [0.5, 0.6) is 5.75 Å². The van der Waals surface area contributed by atoms with Crippen LogP contribution >= 0.6 is 24.4 Å². The number of carboxylic acids is 1. The summed E-state index contributed by atoms with van der Waals surface area (Å²) in [5.41, 5.74) is 6.53. The minimum Gasteiger partial charge on any atom is -0.508 e. The molecule has 8 nitrogen and oxygen atoms in total. The quantitative estimate of drug-likeness (QED) is 0.279. The molecular formula is C17H25N3O5S2. The number of nitrogens with one attached hydrogen (secondary N) is 2. The van der Waals surface area contributed by atoms with Crippen LogP contribution in [0.3, 0.4) is 0 Å². The second-order valence-corrected chi connectivity index (χ2v) is 7.25. The van der Waals surface area contributed by atoms with Gasteiger partial charge in [0.15, 0.2) is 0 Å². The van der Waals surface area contributed by atoms with E-state index in [9.17, 15) is 19.5 Å². The fourth-order valence-corrected chi connectivity index (χ4v) is 2.93. The lowest BCUT2D eigenvalue weighted by Crippen LogP contribution is -2.55. The van der Waals surface area contributed by atoms with Crippen LogP contribution in [0, 0.1) is 0 Å². The van der Waals surface area contributed by atoms with Gasteiger partial charge in [0.05, 0.1) is 6.04 Å². The maximum atomic E-state index is 12.5. The van der Waals surface area contributed by atoms with E-state index in [0.29, 0.717) is 17.7 Å². The summed E-state index contributed by atoms with van der Waals surface area (Å²) in [6, 6.07) is 3.20. The lowest BCUT2D eigenvalue weighted by atomic mass is 10.0. The molecule has 0 aliphatic carbocycles. The van der Waals surface area contributed by atoms with Crippen LogP contribution < -0.4 is 16.4 Å². The Labute approximate surface area is 167 Å². The van der Waals surface area contributed by atoms with Crippen LogP contribution in [-0.4, -0.2) is 63.9 Å². The van der Waals surface area contributed by atoms with Crippen molar-refractivity contribution in [3.8, 4) is 5.75 Å². The number of aliphatic carboxylic acids is 1. The summed E-state index contributed by atoms with van der Waals surface area (Å²) in [4.78, 5) is 36.0. The summed E-state index contributed by atoms with van der Waals surface area (Å²) in [6.07, 6.45) is 2.47. The summed E-state index contributed by atoms with van der Waals surface area (Å²) in [5.74, 6) is -1.66. The highest BCUT2D eigenvalue weighted by Crippen LogP contribution is 2.12. The Bertz CT molecular complexity index is 642. The largest absolute Gasteiger partial charge is 0.508 e. The molecule has 0 radical (unpaired) electrons. The van der Waals surface area contributed by atoms with Crippen LogP contribution in [0.4, 0.5) is 0 Å². The summed E-state index contributed by atoms with van der Waals surface area (Å²) in [5, 5.41) is 23.4. The van der Waals surface area contributed by atoms with Crippen LogP contribution in [0.15, 0.2) is 24.3 Å². The van der Waals surface area contributed by atoms with Gasteiger partial charge in [-0.05, 0) is 36.1 Å². The molecule has 0 heterocycles. The molecule has 0 unspecified atom stereocenters. The van der Waals surface area contributed by atoms with Crippen molar-refractivity contribution < 1.29 is 24.6 Å². The standard InChI is InChI=1S/C17H25N3O5S2/c1-27-7-6-12(18)15(22)19-13(8-10-2-4-11(21)5-3-10)16(23)20-14(9-26)17(24)25/h2-5,12-14,21,26H,6-9,18H2,1H3,(H,19,22)(H,20,23)(H,24,25)/t12-,13-,14-/m0/s1. The number of amides is 2. The lowest BCUT2D eigenvalue weighted by Gasteiger charge is -2.22. The smallest absolute Gasteiger partial charge is 0.327 e. The van der Waals surface area contributed by atoms with Gasteiger partial charge in [-0.1, -0.05) is 12.1 Å². The van der Waals surface area contributed by atoms with Gasteiger partial charge in [-0.3, -0.25) is 9.59 Å². The molecule has 3 atom stereocenters. The lowest BCUT2D eigenvalue weighted by molar-refractivity contribution is -0.141. The molecule has 0 aliphatic rings. The summed E-state index contributed by atoms with van der Waals surface area (Å²) >= 11 is 5.47. The van der Waals surface area contributed by atoms with Gasteiger partial charge in [-0.25, -0.2) is 4.79 Å². The third-order valence-electron chi connectivity index (χ3n) is 3.78. The maximum Gasteiger partial charge on any atom is 0.327 e. The zero-order valence-corrected chi connectivity index (χ0v) is 16.6. The van der Waals surface area contributed by atoms with Crippen molar-refractivity contribution >= 4 is 42.2 Å². The Hall–Kier alpha value is -1.91. The molecule has 1 rings (SSSR count). The second-order valence-electron chi connectivity index (χ2n) is 5.90. The van der Waals surface area contributed by atoms with Gasteiger partial charge in [-0.15, -0.1) is 0 Å². The molecule has 6 N–H and O–H groups in total. The predicted molar refractivity (Wildman–Crippen MR) is 108 cm³/mol. The van der Waals surface area contributed by atoms with E-state index in [-0.39, 0.29) is 17.9 Å². The Morgan fingerprint density at radius 2 is 1.74 bits per heavy atom. The van der Waals surface area contributed by atoms with Gasteiger partial charge in [0, 0.05) is 12.2 Å². The second kappa shape index (κ2) is 11.7. The van der Waals surface area contributed by atoms with Gasteiger partial charge in [0.1, 0.15) is 17.8 Å². The number of thiol groups is 1. The van der Waals surface area contributed by atoms with E-state index in [1.54, 1.807) is 23.9 Å². The molecule has 0 aliphatic heterocycles. The Balaban J connectivity index is 2.90. The van der Waals surface area contributed by atoms with E-state index < -0.39 is 35.9 Å². The summed E-state index contributed by atoms with van der Waals surface area (Å²) in [6.45, 7) is 0. The van der Waals surface area contributed by atoms with E-state index in [4.69, 9.17) is 10.8 Å². The van der Waals surface area contributed by atoms with Crippen molar-refractivity contribution in [2.45, 2.75) is 31.0 Å². The molecule has 1 aromatic rings. The van der Waals surface area contributed by atoms with Crippen molar-refractivity contribution in [2.75, 3.05) is 17.8 Å². The molecule has 0 aromatic heterocycles. The molecule has 0 saturated heterocycles. The van der Waals surface area contributed by atoms with E-state index in [1.807, 2.05) is 6.26 Å². The van der Waals surface area contributed by atoms with Crippen LogP contribution in [0.1, 0.15) is 12.0 Å². The number of hydrogen-bond donors (Lipinski definition) is 6. The number of benzene rings is 1. The molecule has 10 heteroatoms. The van der Waals surface area contributed by atoms with Crippen molar-refractivity contribution in [1.29, 1.82) is 0 Å². The molecular weight excluding hydrogens is 390 g/mol. The predicted octanol–water partition coefficient (Wildman–Crippen LogP) is -0.000900. The van der Waals surface area contributed by atoms with Gasteiger partial charge in [-0.2, -0.15) is 24.4 Å². The van der Waals surface area contributed by atoms with Crippen LogP contribution in [0.2, 0.25) is 0 Å². The molecule has 1 aromatic carbocycles. The Kier molecular flexibility index (Phi) is 10.0. The first-order valence-corrected chi connectivity index (χ1v) is 10.3. The third kappa shape index (κ3) is 8.10. The molecule has 0 spiro atoms. The van der Waals surface area contributed by atoms with E-state index >= 15 is 0 Å². The van der Waals surface area contributed by atoms with Crippen molar-refractivity contribution in [1.82, 2.24) is 10.6 Å². The van der Waals surface area contributed by atoms with E-state index in [0.717, 1.165) is 0 Å². The zero-order chi connectivity index (χ0) is 20.4. The number of rotatable bonds is 11. The Morgan fingerprint density at radius 3 is 2.26 bits per heavy atom. The first-order chi connectivity index (χ1) is 12.8. The minimum absolute atomic E-state index is 0.0730.